The van der Waals surface area contributed by atoms with Crippen LogP contribution in [0, 0.1) is 5.92 Å². The van der Waals surface area contributed by atoms with Crippen LogP contribution in [0.3, 0.4) is 0 Å². The first-order chi connectivity index (χ1) is 10.1. The third-order valence-corrected chi connectivity index (χ3v) is 3.32. The van der Waals surface area contributed by atoms with Crippen molar-refractivity contribution in [1.82, 2.24) is 5.32 Å². The number of carboxylic acids is 1. The molecule has 0 aliphatic carbocycles. The molecule has 1 rings (SSSR count). The number of aliphatic carboxylic acids is 1. The lowest BCUT2D eigenvalue weighted by Gasteiger charge is -2.23. The van der Waals surface area contributed by atoms with Crippen molar-refractivity contribution in [1.29, 1.82) is 0 Å². The largest absolute Gasteiger partial charge is 0.481 e. The van der Waals surface area contributed by atoms with Gasteiger partial charge in [-0.15, -0.1) is 0 Å². The molecule has 2 amide bonds. The van der Waals surface area contributed by atoms with E-state index in [0.29, 0.717) is 19.5 Å². The average Bonchev–Trinajstić information content (AvgIpc) is 2.48. The van der Waals surface area contributed by atoms with Crippen molar-refractivity contribution in [3.63, 3.8) is 0 Å². The van der Waals surface area contributed by atoms with Gasteiger partial charge >= 0.3 is 12.0 Å². The van der Waals surface area contributed by atoms with Gasteiger partial charge in [0.1, 0.15) is 0 Å². The highest BCUT2D eigenvalue weighted by atomic mass is 16.4. The summed E-state index contributed by atoms with van der Waals surface area (Å²) >= 11 is 0. The van der Waals surface area contributed by atoms with Crippen LogP contribution < -0.4 is 10.2 Å². The lowest BCUT2D eigenvalue weighted by atomic mass is 10.1. The number of anilines is 1. The van der Waals surface area contributed by atoms with E-state index in [4.69, 9.17) is 5.11 Å². The molecule has 116 valence electrons. The van der Waals surface area contributed by atoms with E-state index in [9.17, 15) is 9.59 Å². The second-order valence-corrected chi connectivity index (χ2v) is 5.10. The van der Waals surface area contributed by atoms with E-state index in [2.05, 4.69) is 12.2 Å². The zero-order chi connectivity index (χ0) is 15.7. The minimum Gasteiger partial charge on any atom is -0.481 e. The van der Waals surface area contributed by atoms with Crippen LogP contribution in [0.1, 0.15) is 33.1 Å². The maximum atomic E-state index is 12.3. The Morgan fingerprint density at radius 1 is 1.29 bits per heavy atom. The van der Waals surface area contributed by atoms with Gasteiger partial charge in [-0.2, -0.15) is 0 Å². The Morgan fingerprint density at radius 3 is 2.52 bits per heavy atom. The number of urea groups is 1. The number of rotatable bonds is 8. The number of benzene rings is 1. The molecule has 0 heterocycles. The molecule has 1 unspecified atom stereocenters. The van der Waals surface area contributed by atoms with Crippen LogP contribution in [0.15, 0.2) is 30.3 Å². The first kappa shape index (κ1) is 17.0. The Kier molecular flexibility index (Phi) is 7.29. The van der Waals surface area contributed by atoms with Crippen LogP contribution in [0.4, 0.5) is 10.5 Å². The number of hydrogen-bond acceptors (Lipinski definition) is 2. The Bertz CT molecular complexity index is 448. The predicted molar refractivity (Wildman–Crippen MR) is 83.5 cm³/mol. The minimum absolute atomic E-state index is 0.174. The number of carbonyl (C=O) groups is 2. The molecule has 0 fully saturated rings. The molecule has 0 aliphatic heterocycles. The van der Waals surface area contributed by atoms with E-state index in [0.717, 1.165) is 18.5 Å². The second-order valence-electron chi connectivity index (χ2n) is 5.10. The molecule has 5 nitrogen and oxygen atoms in total. The zero-order valence-corrected chi connectivity index (χ0v) is 12.7. The fraction of sp³-hybridized carbons (Fsp3) is 0.500. The summed E-state index contributed by atoms with van der Waals surface area (Å²) in [6.45, 7) is 4.73. The highest BCUT2D eigenvalue weighted by molar-refractivity contribution is 5.91. The Hall–Kier alpha value is -2.04. The number of nitrogens with zero attached hydrogens (tertiary/aromatic N) is 1. The molecular weight excluding hydrogens is 268 g/mol. The predicted octanol–water partition coefficient (Wildman–Crippen LogP) is 3.11. The summed E-state index contributed by atoms with van der Waals surface area (Å²) in [5.41, 5.74) is 0.856. The summed E-state index contributed by atoms with van der Waals surface area (Å²) in [6, 6.07) is 9.33. The standard InChI is InChI=1S/C16H24N2O3/c1-3-4-12-18(14-8-6-5-7-9-14)16(21)17-11-10-13(2)15(19)20/h5-9,13H,3-4,10-12H2,1-2H3,(H,17,21)(H,19,20). The van der Waals surface area contributed by atoms with Crippen LogP contribution in [0.2, 0.25) is 0 Å². The van der Waals surface area contributed by atoms with E-state index in [1.165, 1.54) is 0 Å². The quantitative estimate of drug-likeness (QED) is 0.773. The molecule has 5 heteroatoms. The van der Waals surface area contributed by atoms with Crippen molar-refractivity contribution < 1.29 is 14.7 Å². The van der Waals surface area contributed by atoms with Crippen LogP contribution in [-0.2, 0) is 4.79 Å². The van der Waals surface area contributed by atoms with Crippen molar-refractivity contribution in [2.45, 2.75) is 33.1 Å². The lowest BCUT2D eigenvalue weighted by molar-refractivity contribution is -0.141. The van der Waals surface area contributed by atoms with E-state index in [1.54, 1.807) is 11.8 Å². The van der Waals surface area contributed by atoms with E-state index in [1.807, 2.05) is 30.3 Å². The molecule has 0 bridgehead atoms. The number of carbonyl (C=O) groups excluding carboxylic acids is 1. The summed E-state index contributed by atoms with van der Waals surface area (Å²) in [6.07, 6.45) is 2.36. The first-order valence-corrected chi connectivity index (χ1v) is 7.39. The fourth-order valence-electron chi connectivity index (χ4n) is 1.89. The number of unbranched alkanes of at least 4 members (excludes halogenated alkanes) is 1. The molecule has 0 aromatic heterocycles. The maximum absolute atomic E-state index is 12.3. The van der Waals surface area contributed by atoms with Gasteiger partial charge in [0.2, 0.25) is 0 Å². The second kappa shape index (κ2) is 9.00. The summed E-state index contributed by atoms with van der Waals surface area (Å²) < 4.78 is 0. The minimum atomic E-state index is -0.838. The summed E-state index contributed by atoms with van der Waals surface area (Å²) in [5.74, 6) is -1.29. The average molecular weight is 292 g/mol. The van der Waals surface area contributed by atoms with Crippen molar-refractivity contribution in [3.8, 4) is 0 Å². The van der Waals surface area contributed by atoms with E-state index in [-0.39, 0.29) is 6.03 Å². The molecule has 0 saturated carbocycles. The molecule has 1 aromatic carbocycles. The summed E-state index contributed by atoms with van der Waals surface area (Å²) in [5, 5.41) is 11.6. The Morgan fingerprint density at radius 2 is 1.95 bits per heavy atom. The first-order valence-electron chi connectivity index (χ1n) is 7.39. The van der Waals surface area contributed by atoms with E-state index >= 15 is 0 Å². The Balaban J connectivity index is 2.58. The normalized spacial score (nSPS) is 11.7. The lowest BCUT2D eigenvalue weighted by Crippen LogP contribution is -2.41. The van der Waals surface area contributed by atoms with Gasteiger partial charge in [-0.1, -0.05) is 38.5 Å². The van der Waals surface area contributed by atoms with Gasteiger partial charge in [0.25, 0.3) is 0 Å². The van der Waals surface area contributed by atoms with Gasteiger partial charge in [-0.25, -0.2) is 4.79 Å². The molecule has 0 saturated heterocycles. The van der Waals surface area contributed by atoms with Crippen LogP contribution in [0.5, 0.6) is 0 Å². The number of nitrogens with one attached hydrogen (secondary N) is 1. The zero-order valence-electron chi connectivity index (χ0n) is 12.7. The summed E-state index contributed by atoms with van der Waals surface area (Å²) in [4.78, 5) is 24.7. The molecule has 21 heavy (non-hydrogen) atoms. The number of carboxylic acid groups (broad SMARTS) is 1. The van der Waals surface area contributed by atoms with Gasteiger partial charge in [0, 0.05) is 18.8 Å². The van der Waals surface area contributed by atoms with Crippen molar-refractivity contribution >= 4 is 17.7 Å². The van der Waals surface area contributed by atoms with Crippen LogP contribution >= 0.6 is 0 Å². The van der Waals surface area contributed by atoms with Crippen LogP contribution in [0.25, 0.3) is 0 Å². The molecular formula is C16H24N2O3. The van der Waals surface area contributed by atoms with E-state index < -0.39 is 11.9 Å². The summed E-state index contributed by atoms with van der Waals surface area (Å²) in [7, 11) is 0. The third kappa shape index (κ3) is 5.85. The van der Waals surface area contributed by atoms with Crippen molar-refractivity contribution in [2.24, 2.45) is 5.92 Å². The molecule has 0 spiro atoms. The monoisotopic (exact) mass is 292 g/mol. The Labute approximate surface area is 126 Å². The number of para-hydroxylation sites is 1. The van der Waals surface area contributed by atoms with Gasteiger partial charge in [0.05, 0.1) is 5.92 Å². The van der Waals surface area contributed by atoms with Crippen molar-refractivity contribution in [3.05, 3.63) is 30.3 Å². The number of amides is 2. The highest BCUT2D eigenvalue weighted by Gasteiger charge is 2.16. The van der Waals surface area contributed by atoms with Crippen molar-refractivity contribution in [2.75, 3.05) is 18.0 Å². The topological polar surface area (TPSA) is 69.6 Å². The van der Waals surface area contributed by atoms with Gasteiger partial charge < -0.3 is 10.4 Å². The molecule has 2 N–H and O–H groups in total. The SMILES string of the molecule is CCCCN(C(=O)NCCC(C)C(=O)O)c1ccccc1. The maximum Gasteiger partial charge on any atom is 0.321 e. The fourth-order valence-corrected chi connectivity index (χ4v) is 1.89. The van der Waals surface area contributed by atoms with Crippen LogP contribution in [-0.4, -0.2) is 30.2 Å². The molecule has 0 aliphatic rings. The smallest absolute Gasteiger partial charge is 0.321 e. The molecule has 0 radical (unpaired) electrons. The van der Waals surface area contributed by atoms with Gasteiger partial charge in [-0.3, -0.25) is 9.69 Å². The van der Waals surface area contributed by atoms with Gasteiger partial charge in [-0.05, 0) is 25.0 Å². The number of hydrogen-bond donors (Lipinski definition) is 2. The van der Waals surface area contributed by atoms with Gasteiger partial charge in [0.15, 0.2) is 0 Å². The highest BCUT2D eigenvalue weighted by Crippen LogP contribution is 2.14. The molecule has 1 aromatic rings. The molecule has 1 atom stereocenters. The third-order valence-electron chi connectivity index (χ3n) is 3.32.